The monoisotopic (exact) mass is 372 g/mol. The summed E-state index contributed by atoms with van der Waals surface area (Å²) >= 11 is 6.52. The zero-order chi connectivity index (χ0) is 17.8. The van der Waals surface area contributed by atoms with Gasteiger partial charge in [0.2, 0.25) is 0 Å². The number of carboxylic acid groups (broad SMARTS) is 1. The molecule has 1 fully saturated rings. The Balaban J connectivity index is 1.77. The number of anilines is 1. The van der Waals surface area contributed by atoms with E-state index in [0.29, 0.717) is 20.7 Å². The van der Waals surface area contributed by atoms with E-state index in [1.807, 2.05) is 0 Å². The number of carbonyl (C=O) groups is 2. The van der Waals surface area contributed by atoms with Gasteiger partial charge in [-0.2, -0.15) is 0 Å². The van der Waals surface area contributed by atoms with Gasteiger partial charge in [-0.3, -0.25) is 14.7 Å². The Morgan fingerprint density at radius 2 is 2.08 bits per heavy atom. The highest BCUT2D eigenvalue weighted by molar-refractivity contribution is 8.27. The molecular formula is C17H12N2O4S2. The maximum Gasteiger partial charge on any atom is 0.341 e. The van der Waals surface area contributed by atoms with Crippen molar-refractivity contribution in [2.45, 2.75) is 0 Å². The average Bonchev–Trinajstić information content (AvgIpc) is 2.88. The third-order valence-corrected chi connectivity index (χ3v) is 4.54. The second-order valence-corrected chi connectivity index (χ2v) is 6.66. The van der Waals surface area contributed by atoms with Crippen LogP contribution in [-0.2, 0) is 9.59 Å². The summed E-state index contributed by atoms with van der Waals surface area (Å²) in [5.74, 6) is -0.792. The number of thioether (sulfide) groups is 1. The first kappa shape index (κ1) is 17.1. The van der Waals surface area contributed by atoms with Crippen LogP contribution in [0, 0.1) is 0 Å². The van der Waals surface area contributed by atoms with Gasteiger partial charge in [-0.1, -0.05) is 36.1 Å². The zero-order valence-electron chi connectivity index (χ0n) is 12.8. The van der Waals surface area contributed by atoms with Crippen molar-refractivity contribution in [1.29, 1.82) is 0 Å². The Morgan fingerprint density at radius 1 is 1.32 bits per heavy atom. The molecule has 1 aliphatic heterocycles. The van der Waals surface area contributed by atoms with Gasteiger partial charge in [0, 0.05) is 6.20 Å². The van der Waals surface area contributed by atoms with Crippen LogP contribution in [0.5, 0.6) is 5.75 Å². The summed E-state index contributed by atoms with van der Waals surface area (Å²) in [7, 11) is 0. The Kier molecular flexibility index (Phi) is 5.11. The topological polar surface area (TPSA) is 79.7 Å². The van der Waals surface area contributed by atoms with Crippen LogP contribution >= 0.6 is 24.0 Å². The molecule has 1 aromatic heterocycles. The predicted molar refractivity (Wildman–Crippen MR) is 99.5 cm³/mol. The fourth-order valence-corrected chi connectivity index (χ4v) is 3.43. The number of carboxylic acids is 1. The van der Waals surface area contributed by atoms with Gasteiger partial charge in [-0.05, 0) is 35.9 Å². The van der Waals surface area contributed by atoms with E-state index >= 15 is 0 Å². The minimum Gasteiger partial charge on any atom is -0.482 e. The van der Waals surface area contributed by atoms with Crippen molar-refractivity contribution < 1.29 is 19.4 Å². The van der Waals surface area contributed by atoms with Crippen LogP contribution < -0.4 is 9.64 Å². The van der Waals surface area contributed by atoms with E-state index in [1.165, 1.54) is 16.7 Å². The van der Waals surface area contributed by atoms with Crippen molar-refractivity contribution >= 4 is 51.9 Å². The molecule has 6 nitrogen and oxygen atoms in total. The SMILES string of the molecule is O=C(O)COc1ccc(/C=C2\SC(=S)N(c3cccnc3)C2=O)cc1. The molecule has 126 valence electrons. The second-order valence-electron chi connectivity index (χ2n) is 4.98. The van der Waals surface area contributed by atoms with Gasteiger partial charge in [0.05, 0.1) is 16.8 Å². The van der Waals surface area contributed by atoms with Crippen LogP contribution in [0.1, 0.15) is 5.56 Å². The van der Waals surface area contributed by atoms with Crippen molar-refractivity contribution in [3.8, 4) is 5.75 Å². The maximum absolute atomic E-state index is 12.6. The fraction of sp³-hybridized carbons (Fsp3) is 0.0588. The first-order valence-corrected chi connectivity index (χ1v) is 8.40. The molecule has 3 rings (SSSR count). The highest BCUT2D eigenvalue weighted by atomic mass is 32.2. The van der Waals surface area contributed by atoms with Crippen LogP contribution in [0.2, 0.25) is 0 Å². The summed E-state index contributed by atoms with van der Waals surface area (Å²) < 4.78 is 5.53. The van der Waals surface area contributed by atoms with Gasteiger partial charge in [0.1, 0.15) is 5.75 Å². The van der Waals surface area contributed by atoms with Crippen LogP contribution in [-0.4, -0.2) is 32.9 Å². The number of ether oxygens (including phenoxy) is 1. The normalized spacial score (nSPS) is 15.7. The fourth-order valence-electron chi connectivity index (χ4n) is 2.13. The largest absolute Gasteiger partial charge is 0.482 e. The molecule has 0 bridgehead atoms. The lowest BCUT2D eigenvalue weighted by molar-refractivity contribution is -0.139. The summed E-state index contributed by atoms with van der Waals surface area (Å²) in [6.07, 6.45) is 4.95. The number of hydrogen-bond donors (Lipinski definition) is 1. The minimum atomic E-state index is -1.04. The molecule has 0 unspecified atom stereocenters. The van der Waals surface area contributed by atoms with Gasteiger partial charge in [-0.25, -0.2) is 4.79 Å². The molecule has 0 radical (unpaired) electrons. The Morgan fingerprint density at radius 3 is 2.72 bits per heavy atom. The summed E-state index contributed by atoms with van der Waals surface area (Å²) in [6, 6.07) is 10.3. The van der Waals surface area contributed by atoms with Crippen molar-refractivity contribution in [3.63, 3.8) is 0 Å². The van der Waals surface area contributed by atoms with Gasteiger partial charge in [-0.15, -0.1) is 0 Å². The number of amides is 1. The first-order valence-electron chi connectivity index (χ1n) is 7.17. The molecule has 1 aromatic carbocycles. The Hall–Kier alpha value is -2.71. The van der Waals surface area contributed by atoms with E-state index in [9.17, 15) is 9.59 Å². The van der Waals surface area contributed by atoms with Crippen LogP contribution in [0.25, 0.3) is 6.08 Å². The number of carbonyl (C=O) groups excluding carboxylic acids is 1. The molecule has 0 spiro atoms. The van der Waals surface area contributed by atoms with E-state index in [-0.39, 0.29) is 5.91 Å². The second kappa shape index (κ2) is 7.45. The number of hydrogen-bond acceptors (Lipinski definition) is 6. The zero-order valence-corrected chi connectivity index (χ0v) is 14.4. The van der Waals surface area contributed by atoms with Crippen molar-refractivity contribution in [1.82, 2.24) is 4.98 Å². The maximum atomic E-state index is 12.6. The molecule has 1 aliphatic rings. The number of benzene rings is 1. The number of pyridine rings is 1. The third kappa shape index (κ3) is 4.04. The van der Waals surface area contributed by atoms with Gasteiger partial charge in [0.15, 0.2) is 10.9 Å². The molecule has 8 heteroatoms. The lowest BCUT2D eigenvalue weighted by Crippen LogP contribution is -2.27. The summed E-state index contributed by atoms with van der Waals surface area (Å²) in [4.78, 5) is 29.0. The van der Waals surface area contributed by atoms with Gasteiger partial charge in [0.25, 0.3) is 5.91 Å². The number of aromatic nitrogens is 1. The quantitative estimate of drug-likeness (QED) is 0.638. The van der Waals surface area contributed by atoms with E-state index in [4.69, 9.17) is 22.1 Å². The minimum absolute atomic E-state index is 0.200. The smallest absolute Gasteiger partial charge is 0.341 e. The van der Waals surface area contributed by atoms with Crippen molar-refractivity contribution in [2.24, 2.45) is 0 Å². The molecular weight excluding hydrogens is 360 g/mol. The van der Waals surface area contributed by atoms with Crippen LogP contribution in [0.4, 0.5) is 5.69 Å². The molecule has 25 heavy (non-hydrogen) atoms. The molecule has 2 heterocycles. The highest BCUT2D eigenvalue weighted by Gasteiger charge is 2.33. The Bertz CT molecular complexity index is 851. The van der Waals surface area contributed by atoms with Crippen molar-refractivity contribution in [2.75, 3.05) is 11.5 Å². The van der Waals surface area contributed by atoms with Crippen LogP contribution in [0.15, 0.2) is 53.7 Å². The lowest BCUT2D eigenvalue weighted by atomic mass is 10.2. The van der Waals surface area contributed by atoms with E-state index < -0.39 is 12.6 Å². The van der Waals surface area contributed by atoms with Gasteiger partial charge >= 0.3 is 5.97 Å². The van der Waals surface area contributed by atoms with E-state index in [2.05, 4.69) is 4.98 Å². The number of aliphatic carboxylic acids is 1. The summed E-state index contributed by atoms with van der Waals surface area (Å²) in [5, 5.41) is 8.60. The number of thiocarbonyl (C=S) groups is 1. The van der Waals surface area contributed by atoms with E-state index in [1.54, 1.807) is 54.9 Å². The Labute approximate surface area is 153 Å². The standard InChI is InChI=1S/C17H12N2O4S2/c20-15(21)10-23-13-5-3-11(4-6-13)8-14-16(22)19(17(24)25-14)12-2-1-7-18-9-12/h1-9H,10H2,(H,20,21)/b14-8-. The molecule has 2 aromatic rings. The van der Waals surface area contributed by atoms with Gasteiger partial charge < -0.3 is 9.84 Å². The number of rotatable bonds is 5. The first-order chi connectivity index (χ1) is 12.0. The molecule has 0 atom stereocenters. The highest BCUT2D eigenvalue weighted by Crippen LogP contribution is 2.35. The average molecular weight is 372 g/mol. The van der Waals surface area contributed by atoms with E-state index in [0.717, 1.165) is 5.56 Å². The van der Waals surface area contributed by atoms with Crippen LogP contribution in [0.3, 0.4) is 0 Å². The number of nitrogens with zero attached hydrogens (tertiary/aromatic N) is 2. The molecule has 1 N–H and O–H groups in total. The molecule has 0 aliphatic carbocycles. The molecule has 0 saturated carbocycles. The van der Waals surface area contributed by atoms with Crippen molar-refractivity contribution in [3.05, 3.63) is 59.3 Å². The lowest BCUT2D eigenvalue weighted by Gasteiger charge is -2.13. The third-order valence-electron chi connectivity index (χ3n) is 3.24. The summed E-state index contributed by atoms with van der Waals surface area (Å²) in [5.41, 5.74) is 1.42. The summed E-state index contributed by atoms with van der Waals surface area (Å²) in [6.45, 7) is -0.400. The molecule has 1 amide bonds. The predicted octanol–water partition coefficient (Wildman–Crippen LogP) is 2.95. The molecule has 1 saturated heterocycles.